The molecule has 0 radical (unpaired) electrons. The van der Waals surface area contributed by atoms with Crippen LogP contribution in [0.25, 0.3) is 0 Å². The van der Waals surface area contributed by atoms with Crippen LogP contribution in [0, 0.1) is 13.8 Å². The fourth-order valence-electron chi connectivity index (χ4n) is 2.35. The SMILES string of the molecule is Cc1ccc(NC(=O)c2cnc(Nc3ccccc3Cl)cn2)c(C)c1. The zero-order valence-electron chi connectivity index (χ0n) is 13.9. The first kappa shape index (κ1) is 16.9. The molecule has 1 aromatic heterocycles. The lowest BCUT2D eigenvalue weighted by Gasteiger charge is -2.10. The normalized spacial score (nSPS) is 10.4. The number of amides is 1. The summed E-state index contributed by atoms with van der Waals surface area (Å²) in [6, 6.07) is 13.2. The predicted octanol–water partition coefficient (Wildman–Crippen LogP) is 4.74. The van der Waals surface area contributed by atoms with E-state index >= 15 is 0 Å². The average molecular weight is 353 g/mol. The van der Waals surface area contributed by atoms with E-state index in [9.17, 15) is 4.79 Å². The molecule has 0 saturated carbocycles. The first-order chi connectivity index (χ1) is 12.0. The molecule has 1 heterocycles. The number of carbonyl (C=O) groups is 1. The summed E-state index contributed by atoms with van der Waals surface area (Å²) in [6.45, 7) is 3.96. The van der Waals surface area contributed by atoms with E-state index in [1.807, 2.05) is 50.2 Å². The van der Waals surface area contributed by atoms with Gasteiger partial charge in [0.1, 0.15) is 11.5 Å². The molecule has 2 N–H and O–H groups in total. The number of nitrogens with one attached hydrogen (secondary N) is 2. The van der Waals surface area contributed by atoms with Crippen molar-refractivity contribution in [3.05, 3.63) is 76.7 Å². The van der Waals surface area contributed by atoms with Crippen molar-refractivity contribution < 1.29 is 4.79 Å². The molecule has 3 aromatic rings. The van der Waals surface area contributed by atoms with Crippen LogP contribution in [0.4, 0.5) is 17.2 Å². The molecule has 0 bridgehead atoms. The second-order valence-corrected chi connectivity index (χ2v) is 6.07. The summed E-state index contributed by atoms with van der Waals surface area (Å²) in [5, 5.41) is 6.50. The lowest BCUT2D eigenvalue weighted by molar-refractivity contribution is 0.102. The highest BCUT2D eigenvalue weighted by molar-refractivity contribution is 6.33. The van der Waals surface area contributed by atoms with Crippen LogP contribution in [0.15, 0.2) is 54.9 Å². The molecule has 0 fully saturated rings. The van der Waals surface area contributed by atoms with Crippen LogP contribution in [0.5, 0.6) is 0 Å². The lowest BCUT2D eigenvalue weighted by Crippen LogP contribution is -2.15. The molecule has 0 aliphatic rings. The van der Waals surface area contributed by atoms with Gasteiger partial charge in [-0.3, -0.25) is 4.79 Å². The number of hydrogen-bond donors (Lipinski definition) is 2. The van der Waals surface area contributed by atoms with Gasteiger partial charge in [0, 0.05) is 5.69 Å². The van der Waals surface area contributed by atoms with Crippen LogP contribution in [-0.2, 0) is 0 Å². The van der Waals surface area contributed by atoms with E-state index in [1.165, 1.54) is 12.4 Å². The minimum absolute atomic E-state index is 0.240. The zero-order valence-corrected chi connectivity index (χ0v) is 14.6. The van der Waals surface area contributed by atoms with Gasteiger partial charge in [-0.15, -0.1) is 0 Å². The number of nitrogens with zero attached hydrogens (tertiary/aromatic N) is 2. The Balaban J connectivity index is 1.71. The van der Waals surface area contributed by atoms with E-state index in [0.29, 0.717) is 10.8 Å². The first-order valence-electron chi connectivity index (χ1n) is 7.75. The maximum absolute atomic E-state index is 12.3. The molecule has 126 valence electrons. The largest absolute Gasteiger partial charge is 0.338 e. The fraction of sp³-hybridized carbons (Fsp3) is 0.105. The van der Waals surface area contributed by atoms with Gasteiger partial charge >= 0.3 is 0 Å². The van der Waals surface area contributed by atoms with Crippen molar-refractivity contribution in [2.45, 2.75) is 13.8 Å². The van der Waals surface area contributed by atoms with Crippen LogP contribution in [0.3, 0.4) is 0 Å². The Hall–Kier alpha value is -2.92. The van der Waals surface area contributed by atoms with Crippen LogP contribution in [0.2, 0.25) is 5.02 Å². The molecule has 5 nitrogen and oxygen atoms in total. The van der Waals surface area contributed by atoms with Gasteiger partial charge in [0.15, 0.2) is 0 Å². The first-order valence-corrected chi connectivity index (χ1v) is 8.13. The van der Waals surface area contributed by atoms with Crippen molar-refractivity contribution in [2.24, 2.45) is 0 Å². The highest BCUT2D eigenvalue weighted by Gasteiger charge is 2.10. The van der Waals surface area contributed by atoms with E-state index < -0.39 is 0 Å². The minimum Gasteiger partial charge on any atom is -0.338 e. The molecular weight excluding hydrogens is 336 g/mol. The number of rotatable bonds is 4. The monoisotopic (exact) mass is 352 g/mol. The molecule has 6 heteroatoms. The Kier molecular flexibility index (Phi) is 4.95. The third-order valence-corrected chi connectivity index (χ3v) is 3.98. The van der Waals surface area contributed by atoms with E-state index in [4.69, 9.17) is 11.6 Å². The average Bonchev–Trinajstić information content (AvgIpc) is 2.60. The Morgan fingerprint density at radius 3 is 2.48 bits per heavy atom. The van der Waals surface area contributed by atoms with Crippen LogP contribution in [0.1, 0.15) is 21.6 Å². The molecule has 0 unspecified atom stereocenters. The summed E-state index contributed by atoms with van der Waals surface area (Å²) in [6.07, 6.45) is 2.93. The summed E-state index contributed by atoms with van der Waals surface area (Å²) in [5.74, 6) is 0.208. The molecule has 0 aliphatic heterocycles. The van der Waals surface area contributed by atoms with E-state index in [0.717, 1.165) is 22.5 Å². The minimum atomic E-state index is -0.302. The zero-order chi connectivity index (χ0) is 17.8. The van der Waals surface area contributed by atoms with Crippen molar-refractivity contribution >= 4 is 34.7 Å². The molecule has 0 atom stereocenters. The molecule has 0 spiro atoms. The summed E-state index contributed by atoms with van der Waals surface area (Å²) in [7, 11) is 0. The van der Waals surface area contributed by atoms with Gasteiger partial charge < -0.3 is 10.6 Å². The van der Waals surface area contributed by atoms with Gasteiger partial charge in [-0.1, -0.05) is 41.4 Å². The highest BCUT2D eigenvalue weighted by atomic mass is 35.5. The summed E-state index contributed by atoms with van der Waals surface area (Å²) in [4.78, 5) is 20.7. The van der Waals surface area contributed by atoms with Crippen molar-refractivity contribution in [1.82, 2.24) is 9.97 Å². The number of benzene rings is 2. The van der Waals surface area contributed by atoms with Gasteiger partial charge in [-0.25, -0.2) is 9.97 Å². The number of halogens is 1. The Bertz CT molecular complexity index is 910. The van der Waals surface area contributed by atoms with Crippen molar-refractivity contribution in [3.8, 4) is 0 Å². The topological polar surface area (TPSA) is 66.9 Å². The summed E-state index contributed by atoms with van der Waals surface area (Å²) >= 11 is 6.10. The van der Waals surface area contributed by atoms with Gasteiger partial charge in [0.25, 0.3) is 5.91 Å². The number of carbonyl (C=O) groups excluding carboxylic acids is 1. The van der Waals surface area contributed by atoms with Gasteiger partial charge in [0.2, 0.25) is 0 Å². The number of anilines is 3. The molecule has 2 aromatic carbocycles. The van der Waals surface area contributed by atoms with Gasteiger partial charge in [0.05, 0.1) is 23.1 Å². The number of aryl methyl sites for hydroxylation is 2. The summed E-state index contributed by atoms with van der Waals surface area (Å²) in [5.41, 5.74) is 3.87. The Labute approximate surface area is 151 Å². The number of hydrogen-bond acceptors (Lipinski definition) is 4. The Morgan fingerprint density at radius 2 is 1.80 bits per heavy atom. The second-order valence-electron chi connectivity index (χ2n) is 5.66. The van der Waals surface area contributed by atoms with Gasteiger partial charge in [-0.05, 0) is 37.6 Å². The van der Waals surface area contributed by atoms with E-state index in [-0.39, 0.29) is 11.6 Å². The molecule has 1 amide bonds. The predicted molar refractivity (Wildman–Crippen MR) is 101 cm³/mol. The summed E-state index contributed by atoms with van der Waals surface area (Å²) < 4.78 is 0. The second kappa shape index (κ2) is 7.32. The molecule has 0 aliphatic carbocycles. The maximum atomic E-state index is 12.3. The maximum Gasteiger partial charge on any atom is 0.275 e. The third-order valence-electron chi connectivity index (χ3n) is 3.65. The lowest BCUT2D eigenvalue weighted by atomic mass is 10.1. The third kappa shape index (κ3) is 4.14. The van der Waals surface area contributed by atoms with Crippen LogP contribution < -0.4 is 10.6 Å². The number of aromatic nitrogens is 2. The molecular formula is C19H17ClN4O. The van der Waals surface area contributed by atoms with Crippen molar-refractivity contribution in [3.63, 3.8) is 0 Å². The molecule has 0 saturated heterocycles. The molecule has 25 heavy (non-hydrogen) atoms. The number of para-hydroxylation sites is 1. The van der Waals surface area contributed by atoms with Crippen LogP contribution >= 0.6 is 11.6 Å². The van der Waals surface area contributed by atoms with E-state index in [1.54, 1.807) is 6.07 Å². The quantitative estimate of drug-likeness (QED) is 0.711. The smallest absolute Gasteiger partial charge is 0.275 e. The highest BCUT2D eigenvalue weighted by Crippen LogP contribution is 2.23. The van der Waals surface area contributed by atoms with Gasteiger partial charge in [-0.2, -0.15) is 0 Å². The van der Waals surface area contributed by atoms with Crippen molar-refractivity contribution in [1.29, 1.82) is 0 Å². The van der Waals surface area contributed by atoms with Crippen molar-refractivity contribution in [2.75, 3.05) is 10.6 Å². The standard InChI is InChI=1S/C19H17ClN4O/c1-12-7-8-15(13(2)9-12)24-19(25)17-10-22-18(11-21-17)23-16-6-4-3-5-14(16)20/h3-11H,1-2H3,(H,22,23)(H,24,25). The molecule has 3 rings (SSSR count). The Morgan fingerprint density at radius 1 is 1.00 bits per heavy atom. The van der Waals surface area contributed by atoms with Crippen LogP contribution in [-0.4, -0.2) is 15.9 Å². The van der Waals surface area contributed by atoms with E-state index in [2.05, 4.69) is 20.6 Å². The fourth-order valence-corrected chi connectivity index (χ4v) is 2.53.